The SMILES string of the molecule is CNC(=O)OCC1c2cc(NC(=O)CCCC(=O)COCCCOC)ccc2-c2ccc(C(=O)NCCOCCCOC)cc21. The molecule has 0 saturated heterocycles. The van der Waals surface area contributed by atoms with Crippen molar-refractivity contribution in [2.24, 2.45) is 0 Å². The fourth-order valence-electron chi connectivity index (χ4n) is 4.97. The van der Waals surface area contributed by atoms with Crippen LogP contribution in [-0.2, 0) is 33.3 Å². The molecule has 0 spiro atoms. The largest absolute Gasteiger partial charge is 0.449 e. The lowest BCUT2D eigenvalue weighted by atomic mass is 9.96. The summed E-state index contributed by atoms with van der Waals surface area (Å²) < 4.78 is 26.2. The standard InChI is InChI=1S/C33H45N3O9/c1-34-33(40)45-22-30-28-19-23(32(39)35-13-18-43-16-5-14-41-2)9-11-26(28)27-12-10-24(20-29(27)30)36-31(38)8-4-7-25(37)21-44-17-6-15-42-3/h9-12,19-20,30H,4-8,13-18,21-22H2,1-3H3,(H,34,40)(H,35,39)(H,36,38). The van der Waals surface area contributed by atoms with Crippen molar-refractivity contribution in [3.05, 3.63) is 53.1 Å². The van der Waals surface area contributed by atoms with Gasteiger partial charge in [-0.3, -0.25) is 14.4 Å². The second-order valence-electron chi connectivity index (χ2n) is 10.6. The average molecular weight is 628 g/mol. The van der Waals surface area contributed by atoms with Gasteiger partial charge in [0, 0.05) is 84.2 Å². The number of carbonyl (C=O) groups excluding carboxylic acids is 4. The molecule has 12 heteroatoms. The molecule has 2 aromatic carbocycles. The monoisotopic (exact) mass is 627 g/mol. The first-order valence-corrected chi connectivity index (χ1v) is 15.2. The molecule has 2 aromatic rings. The van der Waals surface area contributed by atoms with Crippen molar-refractivity contribution in [3.8, 4) is 11.1 Å². The Hall–Kier alpha value is -3.84. The number of fused-ring (bicyclic) bond motifs is 3. The van der Waals surface area contributed by atoms with Crippen LogP contribution in [0.15, 0.2) is 36.4 Å². The summed E-state index contributed by atoms with van der Waals surface area (Å²) in [5, 5.41) is 8.25. The van der Waals surface area contributed by atoms with Gasteiger partial charge in [-0.1, -0.05) is 12.1 Å². The first kappa shape index (κ1) is 35.6. The minimum absolute atomic E-state index is 0.0311. The third-order valence-corrected chi connectivity index (χ3v) is 7.20. The summed E-state index contributed by atoms with van der Waals surface area (Å²) in [7, 11) is 4.74. The van der Waals surface area contributed by atoms with Crippen molar-refractivity contribution < 1.29 is 42.9 Å². The van der Waals surface area contributed by atoms with E-state index in [1.54, 1.807) is 20.3 Å². The minimum Gasteiger partial charge on any atom is -0.449 e. The number of rotatable bonds is 21. The van der Waals surface area contributed by atoms with E-state index in [2.05, 4.69) is 16.0 Å². The second-order valence-corrected chi connectivity index (χ2v) is 10.6. The molecule has 0 aliphatic heterocycles. The lowest BCUT2D eigenvalue weighted by Gasteiger charge is -2.16. The zero-order chi connectivity index (χ0) is 32.4. The van der Waals surface area contributed by atoms with E-state index in [0.29, 0.717) is 57.3 Å². The van der Waals surface area contributed by atoms with Crippen LogP contribution in [-0.4, -0.2) is 97.8 Å². The van der Waals surface area contributed by atoms with E-state index in [0.717, 1.165) is 35.1 Å². The lowest BCUT2D eigenvalue weighted by molar-refractivity contribution is -0.124. The number of hydrogen-bond acceptors (Lipinski definition) is 9. The van der Waals surface area contributed by atoms with E-state index in [9.17, 15) is 19.2 Å². The summed E-state index contributed by atoms with van der Waals surface area (Å²) in [5.41, 5.74) is 4.65. The number of benzene rings is 2. The molecule has 246 valence electrons. The Morgan fingerprint density at radius 1 is 0.778 bits per heavy atom. The predicted octanol–water partition coefficient (Wildman–Crippen LogP) is 3.67. The van der Waals surface area contributed by atoms with E-state index in [1.807, 2.05) is 30.3 Å². The van der Waals surface area contributed by atoms with Gasteiger partial charge in [0.05, 0.1) is 6.61 Å². The molecule has 45 heavy (non-hydrogen) atoms. The van der Waals surface area contributed by atoms with Crippen LogP contribution in [0.3, 0.4) is 0 Å². The van der Waals surface area contributed by atoms with E-state index >= 15 is 0 Å². The van der Waals surface area contributed by atoms with Crippen LogP contribution in [0.2, 0.25) is 0 Å². The summed E-state index contributed by atoms with van der Waals surface area (Å²) in [4.78, 5) is 49.6. The summed E-state index contributed by atoms with van der Waals surface area (Å²) in [5.74, 6) is -0.834. The number of ether oxygens (including phenoxy) is 5. The Kier molecular flexibility index (Phi) is 15.5. The van der Waals surface area contributed by atoms with E-state index < -0.39 is 6.09 Å². The van der Waals surface area contributed by atoms with Gasteiger partial charge < -0.3 is 39.6 Å². The maximum atomic E-state index is 12.9. The topological polar surface area (TPSA) is 151 Å². The van der Waals surface area contributed by atoms with Crippen molar-refractivity contribution in [2.45, 2.75) is 38.0 Å². The van der Waals surface area contributed by atoms with Gasteiger partial charge in [0.15, 0.2) is 5.78 Å². The molecule has 0 saturated carbocycles. The number of carbonyl (C=O) groups is 4. The Morgan fingerprint density at radius 3 is 2.18 bits per heavy atom. The minimum atomic E-state index is -0.566. The summed E-state index contributed by atoms with van der Waals surface area (Å²) in [6, 6.07) is 11.1. The Morgan fingerprint density at radius 2 is 1.47 bits per heavy atom. The van der Waals surface area contributed by atoms with Gasteiger partial charge in [-0.2, -0.15) is 0 Å². The van der Waals surface area contributed by atoms with Crippen LogP contribution >= 0.6 is 0 Å². The summed E-state index contributed by atoms with van der Waals surface area (Å²) in [6.07, 6.45) is 1.80. The number of ketones is 1. The van der Waals surface area contributed by atoms with Gasteiger partial charge in [-0.15, -0.1) is 0 Å². The molecule has 1 unspecified atom stereocenters. The van der Waals surface area contributed by atoms with Gasteiger partial charge in [0.25, 0.3) is 5.91 Å². The highest BCUT2D eigenvalue weighted by atomic mass is 16.5. The highest BCUT2D eigenvalue weighted by Gasteiger charge is 2.31. The lowest BCUT2D eigenvalue weighted by Crippen LogP contribution is -2.27. The number of hydrogen-bond donors (Lipinski definition) is 3. The quantitative estimate of drug-likeness (QED) is 0.176. The molecule has 1 aliphatic carbocycles. The normalized spacial score (nSPS) is 13.1. The fraction of sp³-hybridized carbons (Fsp3) is 0.515. The maximum Gasteiger partial charge on any atom is 0.406 e. The first-order chi connectivity index (χ1) is 21.9. The molecule has 0 radical (unpaired) electrons. The Bertz CT molecular complexity index is 1280. The maximum absolute atomic E-state index is 12.9. The number of anilines is 1. The first-order valence-electron chi connectivity index (χ1n) is 15.2. The number of nitrogens with one attached hydrogen (secondary N) is 3. The molecule has 0 heterocycles. The van der Waals surface area contributed by atoms with Crippen molar-refractivity contribution in [1.29, 1.82) is 0 Å². The van der Waals surface area contributed by atoms with Gasteiger partial charge in [0.2, 0.25) is 5.91 Å². The third kappa shape index (κ3) is 11.5. The van der Waals surface area contributed by atoms with Crippen LogP contribution in [0.25, 0.3) is 11.1 Å². The van der Waals surface area contributed by atoms with Crippen molar-refractivity contribution in [1.82, 2.24) is 10.6 Å². The second kappa shape index (κ2) is 19.5. The summed E-state index contributed by atoms with van der Waals surface area (Å²) in [6.45, 7) is 3.05. The molecular formula is C33H45N3O9. The zero-order valence-corrected chi connectivity index (χ0v) is 26.4. The van der Waals surface area contributed by atoms with E-state index in [1.165, 1.54) is 7.05 Å². The molecule has 1 atom stereocenters. The van der Waals surface area contributed by atoms with Gasteiger partial charge in [-0.05, 0) is 65.8 Å². The Balaban J connectivity index is 1.61. The molecule has 0 fully saturated rings. The smallest absolute Gasteiger partial charge is 0.406 e. The van der Waals surface area contributed by atoms with Crippen LogP contribution in [0.5, 0.6) is 0 Å². The van der Waals surface area contributed by atoms with Gasteiger partial charge in [-0.25, -0.2) is 4.79 Å². The average Bonchev–Trinajstić information content (AvgIpc) is 3.34. The molecule has 3 N–H and O–H groups in total. The van der Waals surface area contributed by atoms with Crippen molar-refractivity contribution in [3.63, 3.8) is 0 Å². The molecule has 3 amide bonds. The molecular weight excluding hydrogens is 582 g/mol. The van der Waals surface area contributed by atoms with Crippen LogP contribution < -0.4 is 16.0 Å². The third-order valence-electron chi connectivity index (χ3n) is 7.20. The van der Waals surface area contributed by atoms with Crippen molar-refractivity contribution >= 4 is 29.4 Å². The number of amides is 3. The molecule has 1 aliphatic rings. The number of methoxy groups -OCH3 is 2. The predicted molar refractivity (Wildman–Crippen MR) is 169 cm³/mol. The summed E-state index contributed by atoms with van der Waals surface area (Å²) >= 11 is 0. The molecule has 0 aromatic heterocycles. The van der Waals surface area contributed by atoms with Crippen LogP contribution in [0.1, 0.15) is 59.5 Å². The molecule has 0 bridgehead atoms. The van der Waals surface area contributed by atoms with Crippen molar-refractivity contribution in [2.75, 3.05) is 79.4 Å². The van der Waals surface area contributed by atoms with E-state index in [4.69, 9.17) is 23.7 Å². The molecule has 12 nitrogen and oxygen atoms in total. The van der Waals surface area contributed by atoms with Gasteiger partial charge >= 0.3 is 6.09 Å². The highest BCUT2D eigenvalue weighted by Crippen LogP contribution is 2.46. The van der Waals surface area contributed by atoms with Crippen LogP contribution in [0, 0.1) is 0 Å². The van der Waals surface area contributed by atoms with Crippen LogP contribution in [0.4, 0.5) is 10.5 Å². The number of Topliss-reactive ketones (excluding diaryl/α,β-unsaturated/α-hetero) is 1. The fourth-order valence-corrected chi connectivity index (χ4v) is 4.97. The molecule has 3 rings (SSSR count). The highest BCUT2D eigenvalue weighted by molar-refractivity contribution is 5.96. The zero-order valence-electron chi connectivity index (χ0n) is 26.4. The van der Waals surface area contributed by atoms with Gasteiger partial charge in [0.1, 0.15) is 13.2 Å². The van der Waals surface area contributed by atoms with E-state index in [-0.39, 0.29) is 49.6 Å². The Labute approximate surface area is 264 Å². The number of alkyl carbamates (subject to hydrolysis) is 1.